The lowest BCUT2D eigenvalue weighted by Crippen LogP contribution is -2.60. The van der Waals surface area contributed by atoms with Crippen molar-refractivity contribution in [3.05, 3.63) is 309 Å². The number of hydrogen-bond donors (Lipinski definition) is 0. The van der Waals surface area contributed by atoms with Crippen LogP contribution >= 0.6 is 22.7 Å². The van der Waals surface area contributed by atoms with Crippen molar-refractivity contribution >= 4 is 184 Å². The maximum absolute atomic E-state index is 7.20. The van der Waals surface area contributed by atoms with Crippen molar-refractivity contribution in [3.63, 3.8) is 0 Å². The summed E-state index contributed by atoms with van der Waals surface area (Å²) in [5.41, 5.74) is 22.9. The van der Waals surface area contributed by atoms with Gasteiger partial charge in [0.15, 0.2) is 0 Å². The van der Waals surface area contributed by atoms with Gasteiger partial charge in [0.2, 0.25) is 0 Å². The van der Waals surface area contributed by atoms with Crippen molar-refractivity contribution in [1.82, 2.24) is 0 Å². The van der Waals surface area contributed by atoms with E-state index < -0.39 is 0 Å². The lowest BCUT2D eigenvalue weighted by Gasteiger charge is -2.44. The van der Waals surface area contributed by atoms with E-state index in [4.69, 9.17) is 4.74 Å². The molecule has 6 nitrogen and oxygen atoms in total. The molecule has 0 aliphatic carbocycles. The Labute approximate surface area is 530 Å². The minimum atomic E-state index is -0.116. The van der Waals surface area contributed by atoms with E-state index in [0.717, 1.165) is 96.4 Å². The molecule has 90 heavy (non-hydrogen) atoms. The van der Waals surface area contributed by atoms with Gasteiger partial charge < -0.3 is 29.2 Å². The maximum atomic E-state index is 7.20. The van der Waals surface area contributed by atoms with Crippen molar-refractivity contribution < 1.29 is 4.74 Å². The first-order chi connectivity index (χ1) is 44.7. The number of fused-ring (bicyclic) bond motifs is 13. The Balaban J connectivity index is 0.885. The smallest absolute Gasteiger partial charge is 0.264 e. The normalized spacial score (nSPS) is 13.1. The predicted octanol–water partition coefficient (Wildman–Crippen LogP) is 18.7. The third-order valence-electron chi connectivity index (χ3n) is 18.5. The van der Waals surface area contributed by atoms with Gasteiger partial charge in [-0.1, -0.05) is 176 Å². The zero-order chi connectivity index (χ0) is 59.0. The number of rotatable bonds is 9. The highest BCUT2D eigenvalue weighted by molar-refractivity contribution is 7.34. The fourth-order valence-electron chi connectivity index (χ4n) is 14.9. The molecular formula is C80H51B2N5OS2. The molecule has 13 aromatic carbocycles. The Kier molecular flexibility index (Phi) is 11.5. The van der Waals surface area contributed by atoms with Crippen molar-refractivity contribution in [1.29, 1.82) is 0 Å². The highest BCUT2D eigenvalue weighted by atomic mass is 32.1. The SMILES string of the molecule is c1ccc(N(c2ccccc2)c2cc3c4c(c2)N(c2ccccc2)c2cc5sc6cc7c(cc6c5cc2B4c2ccccc2O3)B2c3sc4ccccc4c3N(c3ccccc3)c3cc(N(c4ccccc4)c4ccccc4)cc(c32)N7c2ccccc2)cc1. The molecule has 0 saturated heterocycles. The second-order valence-electron chi connectivity index (χ2n) is 23.5. The van der Waals surface area contributed by atoms with Crippen LogP contribution in [0.25, 0.3) is 30.3 Å². The van der Waals surface area contributed by atoms with Gasteiger partial charge in [0.25, 0.3) is 13.4 Å². The molecule has 2 aromatic heterocycles. The van der Waals surface area contributed by atoms with Crippen molar-refractivity contribution in [2.75, 3.05) is 24.5 Å². The quantitative estimate of drug-likeness (QED) is 0.134. The standard InChI is InChI=1S/C80H51B2N5OS2/c1-8-26-52(27-9-1)83(53-28-10-2-11-29-53)59-44-69-77-70(45-59)87(58-38-20-7-21-39-58)79-61-40-22-25-43-74(61)90-80(79)82(77)66-49-63-62-48-65-67(50-75(62)89-76(63)51-68(66)85(69)56-34-16-5-17-35-56)86(57-36-18-6-19-37-57)71-46-60(47-73-78(71)81(65)64-41-23-24-42-72(64)88-73)84(54-30-12-3-13-31-54)55-32-14-4-15-33-55/h1-51H. The topological polar surface area (TPSA) is 25.4 Å². The molecule has 0 unspecified atom stereocenters. The molecule has 0 amide bonds. The molecule has 6 heterocycles. The van der Waals surface area contributed by atoms with E-state index in [-0.39, 0.29) is 13.4 Å². The van der Waals surface area contributed by atoms with E-state index in [0.29, 0.717) is 0 Å². The summed E-state index contributed by atoms with van der Waals surface area (Å²) < 4.78 is 12.3. The van der Waals surface area contributed by atoms with Gasteiger partial charge in [-0.2, -0.15) is 0 Å². The summed E-state index contributed by atoms with van der Waals surface area (Å²) in [5, 5.41) is 3.76. The molecule has 15 aromatic rings. The molecule has 0 atom stereocenters. The lowest BCUT2D eigenvalue weighted by atomic mass is 9.34. The summed E-state index contributed by atoms with van der Waals surface area (Å²) in [5.74, 6) is 1.73. The first-order valence-corrected chi connectivity index (χ1v) is 32.3. The molecule has 420 valence electrons. The van der Waals surface area contributed by atoms with Crippen LogP contribution in [0.3, 0.4) is 0 Å². The van der Waals surface area contributed by atoms with Crippen LogP contribution in [-0.4, -0.2) is 13.4 Å². The Morgan fingerprint density at radius 1 is 0.278 bits per heavy atom. The Morgan fingerprint density at radius 3 is 1.21 bits per heavy atom. The van der Waals surface area contributed by atoms with Crippen molar-refractivity contribution in [2.24, 2.45) is 0 Å². The molecule has 4 aliphatic heterocycles. The summed E-state index contributed by atoms with van der Waals surface area (Å²) in [6.45, 7) is -0.217. The molecule has 10 heteroatoms. The van der Waals surface area contributed by atoms with Crippen molar-refractivity contribution in [2.45, 2.75) is 0 Å². The fraction of sp³-hybridized carbons (Fsp3) is 0. The zero-order valence-corrected chi connectivity index (χ0v) is 50.2. The van der Waals surface area contributed by atoms with E-state index >= 15 is 0 Å². The number of para-hydroxylation sites is 8. The van der Waals surface area contributed by atoms with Crippen LogP contribution in [-0.2, 0) is 0 Å². The van der Waals surface area contributed by atoms with Crippen LogP contribution in [0.4, 0.5) is 85.3 Å². The van der Waals surface area contributed by atoms with Gasteiger partial charge >= 0.3 is 0 Å². The van der Waals surface area contributed by atoms with Gasteiger partial charge in [-0.15, -0.1) is 22.7 Å². The molecule has 0 radical (unpaired) electrons. The van der Waals surface area contributed by atoms with Gasteiger partial charge in [0.1, 0.15) is 11.5 Å². The number of hydrogen-bond acceptors (Lipinski definition) is 8. The lowest BCUT2D eigenvalue weighted by molar-refractivity contribution is 0.487. The Morgan fingerprint density at radius 2 is 0.689 bits per heavy atom. The fourth-order valence-corrected chi connectivity index (χ4v) is 17.3. The second-order valence-corrected chi connectivity index (χ2v) is 25.7. The average molecular weight is 1180 g/mol. The molecule has 0 saturated carbocycles. The first kappa shape index (κ1) is 51.1. The molecule has 0 bridgehead atoms. The van der Waals surface area contributed by atoms with E-state index in [2.05, 4.69) is 334 Å². The highest BCUT2D eigenvalue weighted by Crippen LogP contribution is 2.53. The van der Waals surface area contributed by atoms with E-state index in [9.17, 15) is 0 Å². The zero-order valence-electron chi connectivity index (χ0n) is 48.6. The van der Waals surface area contributed by atoms with E-state index in [1.54, 1.807) is 0 Å². The third kappa shape index (κ3) is 7.78. The summed E-state index contributed by atoms with van der Waals surface area (Å²) in [4.78, 5) is 12.4. The Hall–Kier alpha value is -11.0. The number of nitrogens with zero attached hydrogens (tertiary/aromatic N) is 5. The summed E-state index contributed by atoms with van der Waals surface area (Å²) >= 11 is 3.83. The number of anilines is 15. The third-order valence-corrected chi connectivity index (χ3v) is 20.9. The minimum absolute atomic E-state index is 0.101. The summed E-state index contributed by atoms with van der Waals surface area (Å²) in [6, 6.07) is 114. The largest absolute Gasteiger partial charge is 0.458 e. The molecule has 4 aliphatic rings. The monoisotopic (exact) mass is 1180 g/mol. The summed E-state index contributed by atoms with van der Waals surface area (Å²) in [7, 11) is 0. The predicted molar refractivity (Wildman–Crippen MR) is 384 cm³/mol. The Bertz CT molecular complexity index is 5250. The van der Waals surface area contributed by atoms with Crippen LogP contribution in [0, 0.1) is 0 Å². The van der Waals surface area contributed by atoms with E-state index in [1.165, 1.54) is 62.8 Å². The van der Waals surface area contributed by atoms with Gasteiger partial charge in [-0.3, -0.25) is 0 Å². The van der Waals surface area contributed by atoms with Gasteiger partial charge in [0, 0.05) is 98.6 Å². The van der Waals surface area contributed by atoms with Crippen LogP contribution in [0.15, 0.2) is 309 Å². The molecule has 0 spiro atoms. The van der Waals surface area contributed by atoms with Crippen molar-refractivity contribution in [3.8, 4) is 11.5 Å². The molecule has 0 N–H and O–H groups in total. The van der Waals surface area contributed by atoms with Crippen LogP contribution in [0.1, 0.15) is 0 Å². The number of thiophene rings is 2. The van der Waals surface area contributed by atoms with Crippen LogP contribution in [0.2, 0.25) is 0 Å². The van der Waals surface area contributed by atoms with E-state index in [1.807, 2.05) is 22.7 Å². The summed E-state index contributed by atoms with van der Waals surface area (Å²) in [6.07, 6.45) is 0. The highest BCUT2D eigenvalue weighted by Gasteiger charge is 2.47. The molecule has 0 fully saturated rings. The average Bonchev–Trinajstić information content (AvgIpc) is 1.20. The van der Waals surface area contributed by atoms with Crippen LogP contribution in [0.5, 0.6) is 11.5 Å². The van der Waals surface area contributed by atoms with Crippen LogP contribution < -0.4 is 61.3 Å². The molecular weight excluding hydrogens is 1130 g/mol. The van der Waals surface area contributed by atoms with Gasteiger partial charge in [-0.25, -0.2) is 0 Å². The molecule has 19 rings (SSSR count). The second kappa shape index (κ2) is 20.3. The van der Waals surface area contributed by atoms with Gasteiger partial charge in [-0.05, 0) is 165 Å². The maximum Gasteiger partial charge on any atom is 0.264 e. The van der Waals surface area contributed by atoms with Gasteiger partial charge in [0.05, 0.1) is 17.1 Å². The first-order valence-electron chi connectivity index (χ1n) is 30.7. The minimum Gasteiger partial charge on any atom is -0.458 e. The number of benzene rings is 13. The number of ether oxygens (including phenoxy) is 1.